The Morgan fingerprint density at radius 1 is 1.19 bits per heavy atom. The van der Waals surface area contributed by atoms with Crippen LogP contribution in [0.5, 0.6) is 0 Å². The van der Waals surface area contributed by atoms with Crippen molar-refractivity contribution in [3.8, 4) is 0 Å². The molecule has 2 aromatic rings. The fraction of sp³-hybridized carbons (Fsp3) is 0.433. The zero-order valence-corrected chi connectivity index (χ0v) is 21.7. The van der Waals surface area contributed by atoms with E-state index in [0.717, 1.165) is 29.8 Å². The molecule has 0 radical (unpaired) electrons. The molecule has 6 nitrogen and oxygen atoms in total. The monoisotopic (exact) mass is 502 g/mol. The number of rotatable bonds is 6. The molecule has 0 saturated carbocycles. The minimum Gasteiger partial charge on any atom is -0.329 e. The highest BCUT2D eigenvalue weighted by Crippen LogP contribution is 2.40. The average molecular weight is 503 g/mol. The van der Waals surface area contributed by atoms with Crippen molar-refractivity contribution in [1.82, 2.24) is 15.1 Å². The Morgan fingerprint density at radius 3 is 2.70 bits per heavy atom. The fourth-order valence-corrected chi connectivity index (χ4v) is 5.63. The zero-order valence-electron chi connectivity index (χ0n) is 21.7. The normalized spacial score (nSPS) is 22.0. The van der Waals surface area contributed by atoms with Gasteiger partial charge in [0.2, 0.25) is 5.91 Å². The Bertz CT molecular complexity index is 1260. The van der Waals surface area contributed by atoms with E-state index in [1.807, 2.05) is 12.3 Å². The number of piperidine rings is 2. The Hall–Kier alpha value is -3.32. The number of likely N-dealkylation sites (tertiary alicyclic amines) is 1. The predicted octanol–water partition coefficient (Wildman–Crippen LogP) is 5.32. The van der Waals surface area contributed by atoms with Crippen LogP contribution in [0.15, 0.2) is 53.7 Å². The first-order valence-electron chi connectivity index (χ1n) is 13.2. The van der Waals surface area contributed by atoms with Crippen molar-refractivity contribution in [3.05, 3.63) is 76.5 Å². The van der Waals surface area contributed by atoms with Gasteiger partial charge in [0.1, 0.15) is 11.7 Å². The SMILES string of the molecule is C=C1CCC(N2Cc3cc(C4(F)CCN(Cc5ccc(C)c(N=CCC)c5)CC4)ccc3C2=O)C(=O)N1. The van der Waals surface area contributed by atoms with Gasteiger partial charge in [-0.05, 0) is 73.4 Å². The van der Waals surface area contributed by atoms with Crippen LogP contribution in [0, 0.1) is 6.92 Å². The molecule has 5 rings (SSSR count). The number of aryl methyl sites for hydroxylation is 1. The van der Waals surface area contributed by atoms with Crippen molar-refractivity contribution in [3.63, 3.8) is 0 Å². The maximum absolute atomic E-state index is 16.2. The van der Waals surface area contributed by atoms with E-state index in [-0.39, 0.29) is 11.8 Å². The summed E-state index contributed by atoms with van der Waals surface area (Å²) in [7, 11) is 0. The molecule has 1 atom stereocenters. The number of nitrogens with zero attached hydrogens (tertiary/aromatic N) is 3. The third-order valence-electron chi connectivity index (χ3n) is 7.89. The first-order valence-corrected chi connectivity index (χ1v) is 13.2. The molecule has 3 heterocycles. The van der Waals surface area contributed by atoms with E-state index < -0.39 is 11.7 Å². The second kappa shape index (κ2) is 10.2. The van der Waals surface area contributed by atoms with Crippen LogP contribution in [0.1, 0.15) is 71.6 Å². The van der Waals surface area contributed by atoms with E-state index in [9.17, 15) is 9.59 Å². The van der Waals surface area contributed by atoms with Crippen molar-refractivity contribution in [2.75, 3.05) is 13.1 Å². The molecule has 0 spiro atoms. The highest BCUT2D eigenvalue weighted by atomic mass is 19.1. The van der Waals surface area contributed by atoms with Crippen molar-refractivity contribution in [2.45, 2.75) is 70.8 Å². The third-order valence-corrected chi connectivity index (χ3v) is 7.89. The van der Waals surface area contributed by atoms with Crippen LogP contribution in [0.2, 0.25) is 0 Å². The molecule has 37 heavy (non-hydrogen) atoms. The number of halogens is 1. The van der Waals surface area contributed by atoms with Gasteiger partial charge in [-0.1, -0.05) is 37.8 Å². The van der Waals surface area contributed by atoms with Gasteiger partial charge in [0.05, 0.1) is 5.69 Å². The van der Waals surface area contributed by atoms with Gasteiger partial charge in [-0.3, -0.25) is 19.5 Å². The van der Waals surface area contributed by atoms with Crippen molar-refractivity contribution < 1.29 is 14.0 Å². The molecule has 2 fully saturated rings. The number of hydrogen-bond donors (Lipinski definition) is 1. The maximum Gasteiger partial charge on any atom is 0.255 e. The first kappa shape index (κ1) is 25.3. The molecule has 3 aliphatic rings. The van der Waals surface area contributed by atoms with Crippen LogP contribution >= 0.6 is 0 Å². The van der Waals surface area contributed by atoms with E-state index in [1.54, 1.807) is 17.0 Å². The number of benzene rings is 2. The number of hydrogen-bond acceptors (Lipinski definition) is 4. The van der Waals surface area contributed by atoms with Gasteiger partial charge in [-0.15, -0.1) is 0 Å². The Kier molecular flexibility index (Phi) is 6.99. The Labute approximate surface area is 218 Å². The highest BCUT2D eigenvalue weighted by Gasteiger charge is 2.41. The number of carbonyl (C=O) groups is 2. The number of nitrogens with one attached hydrogen (secondary N) is 1. The summed E-state index contributed by atoms with van der Waals surface area (Å²) in [6.45, 7) is 10.4. The van der Waals surface area contributed by atoms with E-state index in [0.29, 0.717) is 62.1 Å². The van der Waals surface area contributed by atoms with Gasteiger partial charge in [-0.25, -0.2) is 4.39 Å². The summed E-state index contributed by atoms with van der Waals surface area (Å²) in [6, 6.07) is 11.2. The number of amides is 2. The highest BCUT2D eigenvalue weighted by molar-refractivity contribution is 6.01. The zero-order chi connectivity index (χ0) is 26.2. The molecule has 1 unspecified atom stereocenters. The van der Waals surface area contributed by atoms with Gasteiger partial charge in [-0.2, -0.15) is 0 Å². The van der Waals surface area contributed by atoms with Crippen molar-refractivity contribution in [1.29, 1.82) is 0 Å². The van der Waals surface area contributed by atoms with Crippen LogP contribution in [0.3, 0.4) is 0 Å². The second-order valence-corrected chi connectivity index (χ2v) is 10.5. The molecule has 3 aliphatic heterocycles. The molecular formula is C30H35FN4O2. The molecule has 2 amide bonds. The Morgan fingerprint density at radius 2 is 1.97 bits per heavy atom. The lowest BCUT2D eigenvalue weighted by molar-refractivity contribution is -0.126. The summed E-state index contributed by atoms with van der Waals surface area (Å²) in [4.78, 5) is 34.0. The second-order valence-electron chi connectivity index (χ2n) is 10.5. The van der Waals surface area contributed by atoms with Crippen LogP contribution in [-0.2, 0) is 23.6 Å². The molecule has 0 bridgehead atoms. The lowest BCUT2D eigenvalue weighted by Crippen LogP contribution is -2.49. The predicted molar refractivity (Wildman–Crippen MR) is 144 cm³/mol. The van der Waals surface area contributed by atoms with Crippen LogP contribution < -0.4 is 5.32 Å². The summed E-state index contributed by atoms with van der Waals surface area (Å²) in [5.74, 6) is -0.345. The van der Waals surface area contributed by atoms with Crippen LogP contribution in [0.25, 0.3) is 0 Å². The van der Waals surface area contributed by atoms with Gasteiger partial charge >= 0.3 is 0 Å². The van der Waals surface area contributed by atoms with Gasteiger partial charge in [0.25, 0.3) is 5.91 Å². The van der Waals surface area contributed by atoms with E-state index >= 15 is 4.39 Å². The topological polar surface area (TPSA) is 65.0 Å². The Balaban J connectivity index is 1.24. The van der Waals surface area contributed by atoms with Crippen LogP contribution in [-0.4, -0.2) is 47.0 Å². The summed E-state index contributed by atoms with van der Waals surface area (Å²) in [6.07, 6.45) is 4.85. The number of alkyl halides is 1. The quantitative estimate of drug-likeness (QED) is 0.544. The lowest BCUT2D eigenvalue weighted by Gasteiger charge is -2.37. The maximum atomic E-state index is 16.2. The fourth-order valence-electron chi connectivity index (χ4n) is 5.63. The molecule has 0 aliphatic carbocycles. The van der Waals surface area contributed by atoms with Crippen molar-refractivity contribution in [2.24, 2.45) is 4.99 Å². The standard InChI is InChI=1S/C30H35FN4O2/c1-4-13-32-26-16-22(7-5-20(26)2)18-34-14-11-30(31,12-15-34)24-8-9-25-23(17-24)19-35(29(25)37)27-10-6-21(3)33-28(27)36/h5,7-9,13,16-17,27H,3-4,6,10-12,14-15,18-19H2,1-2H3,(H,33,36). The average Bonchev–Trinajstić information content (AvgIpc) is 3.21. The van der Waals surface area contributed by atoms with Crippen molar-refractivity contribution >= 4 is 23.7 Å². The largest absolute Gasteiger partial charge is 0.329 e. The number of aliphatic imine (C=N–C) groups is 1. The first-order chi connectivity index (χ1) is 17.8. The third kappa shape index (κ3) is 5.10. The van der Waals surface area contributed by atoms with Crippen LogP contribution in [0.4, 0.5) is 10.1 Å². The summed E-state index contributed by atoms with van der Waals surface area (Å²) >= 11 is 0. The minimum absolute atomic E-state index is 0.155. The summed E-state index contributed by atoms with van der Waals surface area (Å²) < 4.78 is 16.2. The number of carbonyl (C=O) groups excluding carboxylic acids is 2. The van der Waals surface area contributed by atoms with Gasteiger partial charge < -0.3 is 10.2 Å². The molecule has 2 aromatic carbocycles. The number of allylic oxidation sites excluding steroid dienone is 1. The van der Waals surface area contributed by atoms with Gasteiger partial charge in [0, 0.05) is 43.7 Å². The lowest BCUT2D eigenvalue weighted by atomic mass is 9.84. The smallest absolute Gasteiger partial charge is 0.255 e. The van der Waals surface area contributed by atoms with E-state index in [2.05, 4.69) is 53.8 Å². The van der Waals surface area contributed by atoms with E-state index in [1.165, 1.54) is 5.56 Å². The molecular weight excluding hydrogens is 467 g/mol. The van der Waals surface area contributed by atoms with Gasteiger partial charge in [0.15, 0.2) is 0 Å². The van der Waals surface area contributed by atoms with E-state index in [4.69, 9.17) is 0 Å². The molecule has 2 saturated heterocycles. The minimum atomic E-state index is -1.42. The molecule has 7 heteroatoms. The summed E-state index contributed by atoms with van der Waals surface area (Å²) in [5, 5.41) is 2.76. The molecule has 1 N–H and O–H groups in total. The number of fused-ring (bicyclic) bond motifs is 1. The summed E-state index contributed by atoms with van der Waals surface area (Å²) in [5.41, 5.74) is 4.60. The molecule has 194 valence electrons. The molecule has 0 aromatic heterocycles.